The lowest BCUT2D eigenvalue weighted by molar-refractivity contribution is -0.114. The molecule has 2 fully saturated rings. The van der Waals surface area contributed by atoms with Gasteiger partial charge in [-0.3, -0.25) is 0 Å². The van der Waals surface area contributed by atoms with Crippen molar-refractivity contribution in [2.75, 3.05) is 0 Å². The van der Waals surface area contributed by atoms with Crippen molar-refractivity contribution in [1.29, 1.82) is 0 Å². The molecule has 0 aromatic rings. The number of fused-ring (bicyclic) bond motifs is 1. The largest absolute Gasteiger partial charge is 0.393 e. The Labute approximate surface area is 92.1 Å². The molecule has 2 nitrogen and oxygen atoms in total. The minimum absolute atomic E-state index is 0.118. The maximum atomic E-state index is 10.9. The minimum atomic E-state index is -0.118. The van der Waals surface area contributed by atoms with Crippen LogP contribution in [-0.4, -0.2) is 17.5 Å². The van der Waals surface area contributed by atoms with E-state index in [0.717, 1.165) is 32.0 Å². The van der Waals surface area contributed by atoms with Gasteiger partial charge in [-0.15, -0.1) is 0 Å². The summed E-state index contributed by atoms with van der Waals surface area (Å²) in [7, 11) is 0. The summed E-state index contributed by atoms with van der Waals surface area (Å²) in [4.78, 5) is 10.9. The van der Waals surface area contributed by atoms with E-state index in [4.69, 9.17) is 0 Å². The van der Waals surface area contributed by atoms with Crippen molar-refractivity contribution in [3.8, 4) is 0 Å². The molecule has 0 amide bonds. The van der Waals surface area contributed by atoms with Gasteiger partial charge in [-0.25, -0.2) is 0 Å². The van der Waals surface area contributed by atoms with Gasteiger partial charge < -0.3 is 9.90 Å². The third-order valence-corrected chi connectivity index (χ3v) is 5.01. The van der Waals surface area contributed by atoms with Crippen molar-refractivity contribution in [2.45, 2.75) is 52.1 Å². The van der Waals surface area contributed by atoms with Gasteiger partial charge >= 0.3 is 0 Å². The molecule has 0 saturated heterocycles. The zero-order valence-electron chi connectivity index (χ0n) is 9.78. The molecule has 15 heavy (non-hydrogen) atoms. The lowest BCUT2D eigenvalue weighted by Crippen LogP contribution is -2.41. The fourth-order valence-electron chi connectivity index (χ4n) is 4.15. The van der Waals surface area contributed by atoms with Gasteiger partial charge in [0.1, 0.15) is 6.29 Å². The third kappa shape index (κ3) is 1.63. The molecule has 2 rings (SSSR count). The number of aldehydes is 1. The van der Waals surface area contributed by atoms with Gasteiger partial charge in [-0.1, -0.05) is 20.3 Å². The number of carbonyl (C=O) groups excluding carboxylic acids is 1. The average molecular weight is 210 g/mol. The van der Waals surface area contributed by atoms with Crippen LogP contribution in [0.5, 0.6) is 0 Å². The maximum Gasteiger partial charge on any atom is 0.123 e. The van der Waals surface area contributed by atoms with Crippen LogP contribution in [0, 0.1) is 23.2 Å². The first-order valence-corrected chi connectivity index (χ1v) is 6.23. The summed E-state index contributed by atoms with van der Waals surface area (Å²) in [5, 5.41) is 10.0. The molecule has 0 spiro atoms. The van der Waals surface area contributed by atoms with E-state index in [1.165, 1.54) is 6.42 Å². The summed E-state index contributed by atoms with van der Waals surface area (Å²) in [6, 6.07) is 0. The maximum absolute atomic E-state index is 10.9. The summed E-state index contributed by atoms with van der Waals surface area (Å²) in [5.41, 5.74) is 0.220. The molecule has 0 aromatic heterocycles. The molecule has 3 unspecified atom stereocenters. The molecule has 0 bridgehead atoms. The molecule has 2 aliphatic rings. The van der Waals surface area contributed by atoms with Gasteiger partial charge in [0.15, 0.2) is 0 Å². The van der Waals surface area contributed by atoms with Crippen LogP contribution in [0.3, 0.4) is 0 Å². The van der Waals surface area contributed by atoms with Crippen LogP contribution in [0.15, 0.2) is 0 Å². The van der Waals surface area contributed by atoms with Crippen molar-refractivity contribution >= 4 is 6.29 Å². The van der Waals surface area contributed by atoms with Crippen molar-refractivity contribution in [3.05, 3.63) is 0 Å². The number of carbonyl (C=O) groups is 1. The zero-order chi connectivity index (χ0) is 11.1. The van der Waals surface area contributed by atoms with Gasteiger partial charge in [-0.2, -0.15) is 0 Å². The van der Waals surface area contributed by atoms with Crippen LogP contribution < -0.4 is 0 Å². The predicted molar refractivity (Wildman–Crippen MR) is 59.4 cm³/mol. The van der Waals surface area contributed by atoms with E-state index in [0.29, 0.717) is 11.8 Å². The van der Waals surface area contributed by atoms with Crippen LogP contribution in [0.25, 0.3) is 0 Å². The van der Waals surface area contributed by atoms with Crippen molar-refractivity contribution < 1.29 is 9.90 Å². The predicted octanol–water partition coefficient (Wildman–Crippen LogP) is 2.40. The van der Waals surface area contributed by atoms with E-state index < -0.39 is 0 Å². The Bertz CT molecular complexity index is 251. The smallest absolute Gasteiger partial charge is 0.123 e. The second-order valence-corrected chi connectivity index (χ2v) is 5.75. The summed E-state index contributed by atoms with van der Waals surface area (Å²) in [6.07, 6.45) is 6.49. The van der Waals surface area contributed by atoms with Gasteiger partial charge in [-0.05, 0) is 42.9 Å². The first-order chi connectivity index (χ1) is 7.09. The monoisotopic (exact) mass is 210 g/mol. The number of rotatable bonds is 2. The Hall–Kier alpha value is -0.370. The summed E-state index contributed by atoms with van der Waals surface area (Å²) >= 11 is 0. The Morgan fingerprint density at radius 1 is 1.40 bits per heavy atom. The Balaban J connectivity index is 2.20. The molecular formula is C13H22O2. The summed E-state index contributed by atoms with van der Waals surface area (Å²) in [5.74, 6) is 1.10. The van der Waals surface area contributed by atoms with Gasteiger partial charge in [0, 0.05) is 5.92 Å². The quantitative estimate of drug-likeness (QED) is 0.711. The Kier molecular flexibility index (Phi) is 2.89. The normalized spacial score (nSPS) is 47.3. The molecule has 0 radical (unpaired) electrons. The summed E-state index contributed by atoms with van der Waals surface area (Å²) in [6.45, 7) is 4.32. The van der Waals surface area contributed by atoms with Gasteiger partial charge in [0.2, 0.25) is 0 Å². The van der Waals surface area contributed by atoms with Crippen LogP contribution in [0.4, 0.5) is 0 Å². The minimum Gasteiger partial charge on any atom is -0.393 e. The molecular weight excluding hydrogens is 188 g/mol. The lowest BCUT2D eigenvalue weighted by Gasteiger charge is -2.44. The lowest BCUT2D eigenvalue weighted by atomic mass is 9.62. The van der Waals surface area contributed by atoms with E-state index in [2.05, 4.69) is 6.92 Å². The number of aliphatic hydroxyl groups excluding tert-OH is 1. The molecule has 86 valence electrons. The SMILES string of the molecule is CC(C=O)C1CC[C@H]2C(O)CCC[C@]12C. The highest BCUT2D eigenvalue weighted by molar-refractivity contribution is 5.53. The zero-order valence-corrected chi connectivity index (χ0v) is 9.78. The number of hydrogen-bond donors (Lipinski definition) is 1. The van der Waals surface area contributed by atoms with Crippen LogP contribution >= 0.6 is 0 Å². The van der Waals surface area contributed by atoms with Crippen LogP contribution in [0.2, 0.25) is 0 Å². The first kappa shape index (κ1) is 11.1. The summed E-state index contributed by atoms with van der Waals surface area (Å²) < 4.78 is 0. The van der Waals surface area contributed by atoms with Crippen LogP contribution in [0.1, 0.15) is 46.0 Å². The highest BCUT2D eigenvalue weighted by Crippen LogP contribution is 2.57. The second kappa shape index (κ2) is 3.89. The van der Waals surface area contributed by atoms with Crippen molar-refractivity contribution in [3.63, 3.8) is 0 Å². The fraction of sp³-hybridized carbons (Fsp3) is 0.923. The molecule has 2 heteroatoms. The Morgan fingerprint density at radius 3 is 2.80 bits per heavy atom. The molecule has 1 N–H and O–H groups in total. The second-order valence-electron chi connectivity index (χ2n) is 5.75. The molecule has 0 aliphatic heterocycles. The van der Waals surface area contributed by atoms with Gasteiger partial charge in [0.25, 0.3) is 0 Å². The highest BCUT2D eigenvalue weighted by atomic mass is 16.3. The van der Waals surface area contributed by atoms with Crippen molar-refractivity contribution in [1.82, 2.24) is 0 Å². The van der Waals surface area contributed by atoms with E-state index in [9.17, 15) is 9.90 Å². The van der Waals surface area contributed by atoms with E-state index >= 15 is 0 Å². The first-order valence-electron chi connectivity index (χ1n) is 6.23. The standard InChI is InChI=1S/C13H22O2/c1-9(8-14)10-5-6-11-12(15)4-3-7-13(10,11)2/h8-12,15H,3-7H2,1-2H3/t9?,10?,11-,12?,13+/m0/s1. The topological polar surface area (TPSA) is 37.3 Å². The fourth-order valence-corrected chi connectivity index (χ4v) is 4.15. The molecule has 0 heterocycles. The number of hydrogen-bond acceptors (Lipinski definition) is 2. The van der Waals surface area contributed by atoms with Crippen molar-refractivity contribution in [2.24, 2.45) is 23.2 Å². The molecule has 5 atom stereocenters. The van der Waals surface area contributed by atoms with Crippen LogP contribution in [-0.2, 0) is 4.79 Å². The highest BCUT2D eigenvalue weighted by Gasteiger charge is 2.52. The van der Waals surface area contributed by atoms with Gasteiger partial charge in [0.05, 0.1) is 6.10 Å². The third-order valence-electron chi connectivity index (χ3n) is 5.01. The number of aliphatic hydroxyl groups is 1. The molecule has 2 aliphatic carbocycles. The van der Waals surface area contributed by atoms with E-state index in [1.807, 2.05) is 6.92 Å². The van der Waals surface area contributed by atoms with E-state index in [1.54, 1.807) is 0 Å². The molecule has 0 aromatic carbocycles. The molecule has 2 saturated carbocycles. The van der Waals surface area contributed by atoms with E-state index in [-0.39, 0.29) is 17.4 Å². The average Bonchev–Trinajstić information content (AvgIpc) is 2.56. The Morgan fingerprint density at radius 2 is 2.13 bits per heavy atom.